The van der Waals surface area contributed by atoms with E-state index in [2.05, 4.69) is 0 Å². The number of hydrogen-bond donors (Lipinski definition) is 4. The van der Waals surface area contributed by atoms with Crippen LogP contribution in [-0.4, -0.2) is 32.4 Å². The summed E-state index contributed by atoms with van der Waals surface area (Å²) in [4.78, 5) is 22.4. The van der Waals surface area contributed by atoms with Crippen LogP contribution in [-0.2, 0) is 22.4 Å². The number of aryl methyl sites for hydroxylation is 1. The fraction of sp³-hybridized carbons (Fsp3) is 0.667. The Balaban J connectivity index is 1.39. The topological polar surface area (TPSA) is 115 Å². The molecule has 0 radical (unpaired) electrons. The predicted octanol–water partition coefficient (Wildman–Crippen LogP) is 5.03. The summed E-state index contributed by atoms with van der Waals surface area (Å²) in [5.41, 5.74) is 0.435. The number of carboxylic acids is 2. The van der Waals surface area contributed by atoms with Gasteiger partial charge in [-0.1, -0.05) is 31.7 Å². The molecule has 2 aliphatic carbocycles. The van der Waals surface area contributed by atoms with Gasteiger partial charge in [0.15, 0.2) is 0 Å². The Labute approximate surface area is 177 Å². The number of rotatable bonds is 14. The highest BCUT2D eigenvalue weighted by Crippen LogP contribution is 2.51. The van der Waals surface area contributed by atoms with Gasteiger partial charge in [-0.05, 0) is 75.8 Å². The van der Waals surface area contributed by atoms with Gasteiger partial charge in [0.1, 0.15) is 11.5 Å². The third-order valence-corrected chi connectivity index (χ3v) is 7.14. The average Bonchev–Trinajstić information content (AvgIpc) is 3.60. The minimum absolute atomic E-state index is 0.0963. The molecule has 0 heterocycles. The molecule has 6 heteroatoms. The minimum atomic E-state index is -0.703. The van der Waals surface area contributed by atoms with Crippen molar-refractivity contribution < 1.29 is 30.0 Å². The molecular weight excluding hydrogens is 384 g/mol. The van der Waals surface area contributed by atoms with Crippen LogP contribution >= 0.6 is 0 Å². The van der Waals surface area contributed by atoms with Gasteiger partial charge in [0.2, 0.25) is 0 Å². The maximum Gasteiger partial charge on any atom is 0.309 e. The van der Waals surface area contributed by atoms with E-state index < -0.39 is 22.8 Å². The Bertz CT molecular complexity index is 776. The second-order valence-corrected chi connectivity index (χ2v) is 9.36. The van der Waals surface area contributed by atoms with Crippen LogP contribution in [0.3, 0.4) is 0 Å². The SMILES string of the molecule is O=C(O)C1(CCCCCCc2ccc(O)c(CCCCC3(C(=O)O)CC3)c2O)CC1. The van der Waals surface area contributed by atoms with E-state index in [4.69, 9.17) is 0 Å². The molecule has 0 spiro atoms. The first-order valence-electron chi connectivity index (χ1n) is 11.3. The van der Waals surface area contributed by atoms with Crippen molar-refractivity contribution in [3.8, 4) is 11.5 Å². The van der Waals surface area contributed by atoms with Crippen molar-refractivity contribution in [3.05, 3.63) is 23.3 Å². The van der Waals surface area contributed by atoms with Gasteiger partial charge in [0, 0.05) is 5.56 Å². The lowest BCUT2D eigenvalue weighted by Gasteiger charge is -2.13. The molecular formula is C24H34O6. The van der Waals surface area contributed by atoms with Crippen LogP contribution in [0.5, 0.6) is 11.5 Å². The van der Waals surface area contributed by atoms with Gasteiger partial charge in [-0.15, -0.1) is 0 Å². The minimum Gasteiger partial charge on any atom is -0.508 e. The van der Waals surface area contributed by atoms with E-state index in [1.54, 1.807) is 12.1 Å². The van der Waals surface area contributed by atoms with Crippen molar-refractivity contribution in [1.29, 1.82) is 0 Å². The second kappa shape index (κ2) is 9.27. The fourth-order valence-electron chi connectivity index (χ4n) is 4.46. The van der Waals surface area contributed by atoms with Crippen LogP contribution < -0.4 is 0 Å². The molecule has 1 aromatic carbocycles. The standard InChI is InChI=1S/C24H34O6/c25-19-10-9-17(7-3-1-2-5-11-23(13-14-23)21(27)28)20(26)18(19)8-4-6-12-24(15-16-24)22(29)30/h9-10,25-26H,1-8,11-16H2,(H,27,28)(H,29,30). The smallest absolute Gasteiger partial charge is 0.309 e. The molecule has 6 nitrogen and oxygen atoms in total. The van der Waals surface area contributed by atoms with Crippen LogP contribution in [0, 0.1) is 10.8 Å². The Hall–Kier alpha value is -2.24. The quantitative estimate of drug-likeness (QED) is 0.315. The number of carbonyl (C=O) groups is 2. The van der Waals surface area contributed by atoms with Crippen molar-refractivity contribution in [1.82, 2.24) is 0 Å². The first kappa shape index (κ1) is 22.4. The Morgan fingerprint density at radius 2 is 1.23 bits per heavy atom. The number of carboxylic acid groups (broad SMARTS) is 2. The monoisotopic (exact) mass is 418 g/mol. The van der Waals surface area contributed by atoms with Crippen molar-refractivity contribution in [3.63, 3.8) is 0 Å². The number of phenolic OH excluding ortho intramolecular Hbond substituents is 2. The Morgan fingerprint density at radius 1 is 0.733 bits per heavy atom. The third kappa shape index (κ3) is 5.27. The van der Waals surface area contributed by atoms with E-state index in [9.17, 15) is 30.0 Å². The summed E-state index contributed by atoms with van der Waals surface area (Å²) < 4.78 is 0. The molecule has 166 valence electrons. The lowest BCUT2D eigenvalue weighted by atomic mass is 9.94. The van der Waals surface area contributed by atoms with E-state index in [-0.39, 0.29) is 11.5 Å². The first-order chi connectivity index (χ1) is 14.3. The third-order valence-electron chi connectivity index (χ3n) is 7.14. The number of hydrogen-bond acceptors (Lipinski definition) is 4. The lowest BCUT2D eigenvalue weighted by Crippen LogP contribution is -2.14. The molecule has 2 aliphatic rings. The maximum atomic E-state index is 11.2. The molecule has 1 aromatic rings. The van der Waals surface area contributed by atoms with Crippen molar-refractivity contribution in [2.24, 2.45) is 10.8 Å². The molecule has 4 N–H and O–H groups in total. The van der Waals surface area contributed by atoms with Crippen LogP contribution in [0.2, 0.25) is 0 Å². The summed E-state index contributed by atoms with van der Waals surface area (Å²) in [6, 6.07) is 3.40. The largest absolute Gasteiger partial charge is 0.508 e. The first-order valence-corrected chi connectivity index (χ1v) is 11.3. The van der Waals surface area contributed by atoms with Crippen molar-refractivity contribution in [2.45, 2.75) is 89.9 Å². The van der Waals surface area contributed by atoms with Crippen molar-refractivity contribution in [2.75, 3.05) is 0 Å². The van der Waals surface area contributed by atoms with Gasteiger partial charge in [0.25, 0.3) is 0 Å². The molecule has 0 bridgehead atoms. The Kier molecular flexibility index (Phi) is 6.94. The average molecular weight is 419 g/mol. The molecule has 0 aliphatic heterocycles. The fourth-order valence-corrected chi connectivity index (χ4v) is 4.46. The molecule has 0 aromatic heterocycles. The van der Waals surface area contributed by atoms with Gasteiger partial charge >= 0.3 is 11.9 Å². The van der Waals surface area contributed by atoms with Crippen LogP contribution in [0.15, 0.2) is 12.1 Å². The summed E-state index contributed by atoms with van der Waals surface area (Å²) in [5, 5.41) is 39.2. The zero-order valence-corrected chi connectivity index (χ0v) is 17.7. The number of phenols is 2. The molecule has 2 saturated carbocycles. The summed E-state index contributed by atoms with van der Waals surface area (Å²) in [6.45, 7) is 0. The summed E-state index contributed by atoms with van der Waals surface area (Å²) in [5.74, 6) is -1.10. The highest BCUT2D eigenvalue weighted by Gasteiger charge is 2.49. The Morgan fingerprint density at radius 3 is 1.77 bits per heavy atom. The van der Waals surface area contributed by atoms with E-state index >= 15 is 0 Å². The molecule has 0 saturated heterocycles. The number of aliphatic carboxylic acids is 2. The molecule has 2 fully saturated rings. The molecule has 0 unspecified atom stereocenters. The predicted molar refractivity (Wildman–Crippen MR) is 113 cm³/mol. The second-order valence-electron chi connectivity index (χ2n) is 9.36. The summed E-state index contributed by atoms with van der Waals surface area (Å²) >= 11 is 0. The number of unbranched alkanes of at least 4 members (excludes halogenated alkanes) is 4. The highest BCUT2D eigenvalue weighted by atomic mass is 16.4. The normalized spacial score (nSPS) is 18.1. The lowest BCUT2D eigenvalue weighted by molar-refractivity contribution is -0.144. The van der Waals surface area contributed by atoms with Gasteiger partial charge < -0.3 is 20.4 Å². The van der Waals surface area contributed by atoms with Crippen LogP contribution in [0.4, 0.5) is 0 Å². The maximum absolute atomic E-state index is 11.2. The zero-order valence-electron chi connectivity index (χ0n) is 17.7. The van der Waals surface area contributed by atoms with Crippen LogP contribution in [0.25, 0.3) is 0 Å². The van der Waals surface area contributed by atoms with Gasteiger partial charge in [-0.25, -0.2) is 0 Å². The number of benzene rings is 1. The summed E-state index contributed by atoms with van der Waals surface area (Å²) in [7, 11) is 0. The van der Waals surface area contributed by atoms with Crippen molar-refractivity contribution >= 4 is 11.9 Å². The van der Waals surface area contributed by atoms with E-state index in [0.29, 0.717) is 18.4 Å². The zero-order chi connectivity index (χ0) is 21.8. The van der Waals surface area contributed by atoms with Gasteiger partial charge in [-0.3, -0.25) is 9.59 Å². The van der Waals surface area contributed by atoms with Gasteiger partial charge in [-0.2, -0.15) is 0 Å². The summed E-state index contributed by atoms with van der Waals surface area (Å²) in [6.07, 6.45) is 11.2. The molecule has 0 atom stereocenters. The van der Waals surface area contributed by atoms with E-state index in [1.807, 2.05) is 0 Å². The highest BCUT2D eigenvalue weighted by molar-refractivity contribution is 5.78. The van der Waals surface area contributed by atoms with E-state index in [0.717, 1.165) is 82.6 Å². The molecule has 0 amide bonds. The number of aromatic hydroxyl groups is 2. The molecule has 3 rings (SSSR count). The molecule has 30 heavy (non-hydrogen) atoms. The van der Waals surface area contributed by atoms with Gasteiger partial charge in [0.05, 0.1) is 10.8 Å². The van der Waals surface area contributed by atoms with Crippen LogP contribution in [0.1, 0.15) is 88.2 Å². The van der Waals surface area contributed by atoms with E-state index in [1.165, 1.54) is 0 Å².